The van der Waals surface area contributed by atoms with E-state index in [2.05, 4.69) is 12.2 Å². The molecule has 0 bridgehead atoms. The number of rotatable bonds is 3. The summed E-state index contributed by atoms with van der Waals surface area (Å²) in [6, 6.07) is 0. The largest absolute Gasteiger partial charge is 0.303 e. The van der Waals surface area contributed by atoms with E-state index in [1.807, 2.05) is 24.3 Å². The lowest BCUT2D eigenvalue weighted by molar-refractivity contribution is -0.110. The molecule has 2 aliphatic carbocycles. The molecule has 2 heteroatoms. The Morgan fingerprint density at radius 2 is 1.31 bits per heavy atom. The summed E-state index contributed by atoms with van der Waals surface area (Å²) in [7, 11) is 0. The van der Waals surface area contributed by atoms with Crippen molar-refractivity contribution < 1.29 is 9.59 Å². The molecule has 0 heterocycles. The van der Waals surface area contributed by atoms with Crippen molar-refractivity contribution in [3.8, 4) is 0 Å². The van der Waals surface area contributed by atoms with Gasteiger partial charge in [-0.2, -0.15) is 0 Å². The zero-order chi connectivity index (χ0) is 11.4. The fraction of sp³-hybridized carbons (Fsp3) is 0.286. The molecule has 0 amide bonds. The summed E-state index contributed by atoms with van der Waals surface area (Å²) in [6.45, 7) is 0. The molecular weight excluding hydrogens is 200 g/mol. The zero-order valence-corrected chi connectivity index (χ0v) is 9.00. The molecule has 0 aromatic carbocycles. The summed E-state index contributed by atoms with van der Waals surface area (Å²) in [6.07, 6.45) is 15.5. The van der Waals surface area contributed by atoms with Crippen LogP contribution in [0.15, 0.2) is 47.6 Å². The van der Waals surface area contributed by atoms with E-state index in [4.69, 9.17) is 0 Å². The van der Waals surface area contributed by atoms with Crippen LogP contribution in [0.5, 0.6) is 0 Å². The molecule has 2 rings (SSSR count). The van der Waals surface area contributed by atoms with Gasteiger partial charge < -0.3 is 9.59 Å². The van der Waals surface area contributed by atoms with Crippen LogP contribution >= 0.6 is 0 Å². The monoisotopic (exact) mass is 214 g/mol. The third kappa shape index (κ3) is 2.27. The van der Waals surface area contributed by atoms with Gasteiger partial charge in [0.2, 0.25) is 0 Å². The molecule has 2 unspecified atom stereocenters. The van der Waals surface area contributed by atoms with Crippen LogP contribution in [0.2, 0.25) is 0 Å². The number of allylic oxidation sites excluding steroid dienone is 8. The molecular formula is C14H14O2. The van der Waals surface area contributed by atoms with Gasteiger partial charge in [-0.15, -0.1) is 0 Å². The molecule has 0 N–H and O–H groups in total. The van der Waals surface area contributed by atoms with Crippen molar-refractivity contribution in [1.29, 1.82) is 0 Å². The van der Waals surface area contributed by atoms with E-state index in [1.54, 1.807) is 0 Å². The second-order valence-electron chi connectivity index (χ2n) is 4.11. The van der Waals surface area contributed by atoms with Gasteiger partial charge in [-0.25, -0.2) is 0 Å². The molecule has 82 valence electrons. The predicted octanol–water partition coefficient (Wildman–Crippen LogP) is 2.39. The predicted molar refractivity (Wildman–Crippen MR) is 62.8 cm³/mol. The van der Waals surface area contributed by atoms with Crippen LogP contribution in [0.4, 0.5) is 0 Å². The van der Waals surface area contributed by atoms with E-state index < -0.39 is 0 Å². The van der Waals surface area contributed by atoms with Gasteiger partial charge in [0.25, 0.3) is 0 Å². The van der Waals surface area contributed by atoms with E-state index >= 15 is 0 Å². The first-order valence-electron chi connectivity index (χ1n) is 5.51. The molecule has 16 heavy (non-hydrogen) atoms. The lowest BCUT2D eigenvalue weighted by Crippen LogP contribution is -2.04. The molecule has 0 fully saturated rings. The summed E-state index contributed by atoms with van der Waals surface area (Å²) < 4.78 is 0. The quantitative estimate of drug-likeness (QED) is 0.676. The molecule has 0 aromatic heterocycles. The highest BCUT2D eigenvalue weighted by atomic mass is 16.1. The van der Waals surface area contributed by atoms with Crippen LogP contribution in [0.3, 0.4) is 0 Å². The Morgan fingerprint density at radius 3 is 1.56 bits per heavy atom. The number of carbonyl (C=O) groups excluding carboxylic acids is 2. The highest BCUT2D eigenvalue weighted by Gasteiger charge is 2.12. The summed E-state index contributed by atoms with van der Waals surface area (Å²) in [5.41, 5.74) is 2.30. The highest BCUT2D eigenvalue weighted by Crippen LogP contribution is 2.25. The van der Waals surface area contributed by atoms with E-state index in [0.29, 0.717) is 0 Å². The fourth-order valence-corrected chi connectivity index (χ4v) is 1.90. The topological polar surface area (TPSA) is 34.1 Å². The van der Waals surface area contributed by atoms with E-state index in [1.165, 1.54) is 0 Å². The minimum absolute atomic E-state index is 0.0274. The van der Waals surface area contributed by atoms with Gasteiger partial charge in [0.05, 0.1) is 0 Å². The molecule has 0 saturated carbocycles. The first-order valence-corrected chi connectivity index (χ1v) is 5.51. The van der Waals surface area contributed by atoms with Crippen molar-refractivity contribution in [1.82, 2.24) is 0 Å². The van der Waals surface area contributed by atoms with Crippen molar-refractivity contribution in [3.05, 3.63) is 47.6 Å². The van der Waals surface area contributed by atoms with Crippen LogP contribution in [0.1, 0.15) is 12.8 Å². The Morgan fingerprint density at radius 1 is 0.875 bits per heavy atom. The maximum absolute atomic E-state index is 10.6. The molecule has 0 aliphatic heterocycles. The Hall–Kier alpha value is -1.70. The number of carbonyl (C=O) groups is 2. The minimum Gasteiger partial charge on any atom is -0.303 e. The molecule has 2 nitrogen and oxygen atoms in total. The van der Waals surface area contributed by atoms with Crippen LogP contribution in [-0.2, 0) is 9.59 Å². The Balaban J connectivity index is 2.06. The first kappa shape index (κ1) is 10.8. The Labute approximate surface area is 95.0 Å². The zero-order valence-electron chi connectivity index (χ0n) is 9.00. The normalized spacial score (nSPS) is 28.2. The van der Waals surface area contributed by atoms with Crippen molar-refractivity contribution >= 4 is 12.6 Å². The van der Waals surface area contributed by atoms with E-state index in [0.717, 1.165) is 36.6 Å². The number of aldehydes is 2. The molecule has 2 aliphatic rings. The van der Waals surface area contributed by atoms with Gasteiger partial charge >= 0.3 is 0 Å². The number of hydrogen-bond acceptors (Lipinski definition) is 2. The molecule has 0 saturated heterocycles. The van der Waals surface area contributed by atoms with Crippen LogP contribution in [0.25, 0.3) is 0 Å². The van der Waals surface area contributed by atoms with Gasteiger partial charge in [0.15, 0.2) is 0 Å². The molecule has 2 atom stereocenters. The van der Waals surface area contributed by atoms with E-state index in [-0.39, 0.29) is 11.8 Å². The van der Waals surface area contributed by atoms with Gasteiger partial charge in [-0.1, -0.05) is 36.5 Å². The average molecular weight is 214 g/mol. The Bertz CT molecular complexity index is 370. The minimum atomic E-state index is 0.0274. The van der Waals surface area contributed by atoms with Crippen molar-refractivity contribution in [2.75, 3.05) is 0 Å². The average Bonchev–Trinajstić information content (AvgIpc) is 2.39. The third-order valence-electron chi connectivity index (χ3n) is 2.95. The molecule has 0 aromatic rings. The first-order chi connectivity index (χ1) is 7.83. The van der Waals surface area contributed by atoms with Crippen molar-refractivity contribution in [2.24, 2.45) is 11.8 Å². The van der Waals surface area contributed by atoms with Crippen LogP contribution in [-0.4, -0.2) is 12.6 Å². The summed E-state index contributed by atoms with van der Waals surface area (Å²) in [5, 5.41) is 0. The second-order valence-corrected chi connectivity index (χ2v) is 4.11. The fourth-order valence-electron chi connectivity index (χ4n) is 1.90. The highest BCUT2D eigenvalue weighted by molar-refractivity contribution is 5.62. The van der Waals surface area contributed by atoms with Gasteiger partial charge in [-0.3, -0.25) is 0 Å². The number of hydrogen-bond donors (Lipinski definition) is 0. The van der Waals surface area contributed by atoms with Gasteiger partial charge in [0.1, 0.15) is 12.6 Å². The summed E-state index contributed by atoms with van der Waals surface area (Å²) in [5.74, 6) is 0.0549. The smallest absolute Gasteiger partial charge is 0.127 e. The molecule has 0 spiro atoms. The maximum Gasteiger partial charge on any atom is 0.127 e. The lowest BCUT2D eigenvalue weighted by Gasteiger charge is -2.15. The molecule has 0 radical (unpaired) electrons. The van der Waals surface area contributed by atoms with E-state index in [9.17, 15) is 9.59 Å². The SMILES string of the molecule is O=CC1C=CC(C2=CCC(C=O)C=C2)=CC1. The van der Waals surface area contributed by atoms with Gasteiger partial charge in [-0.05, 0) is 24.0 Å². The maximum atomic E-state index is 10.6. The summed E-state index contributed by atoms with van der Waals surface area (Å²) >= 11 is 0. The van der Waals surface area contributed by atoms with Gasteiger partial charge in [0, 0.05) is 11.8 Å². The van der Waals surface area contributed by atoms with Crippen LogP contribution in [0, 0.1) is 11.8 Å². The van der Waals surface area contributed by atoms with Crippen molar-refractivity contribution in [2.45, 2.75) is 12.8 Å². The van der Waals surface area contributed by atoms with Crippen LogP contribution < -0.4 is 0 Å². The standard InChI is InChI=1S/C14H14O2/c15-9-11-1-5-13(6-2-11)14-7-3-12(10-16)4-8-14/h1,3,5-12H,2,4H2. The third-order valence-corrected chi connectivity index (χ3v) is 2.95. The summed E-state index contributed by atoms with van der Waals surface area (Å²) in [4.78, 5) is 21.2. The second kappa shape index (κ2) is 4.88. The lowest BCUT2D eigenvalue weighted by atomic mass is 9.89. The van der Waals surface area contributed by atoms with Crippen molar-refractivity contribution in [3.63, 3.8) is 0 Å². The Kier molecular flexibility index (Phi) is 3.30.